The monoisotopic (exact) mass is 456 g/mol. The topological polar surface area (TPSA) is 237 Å². The third-order valence-corrected chi connectivity index (χ3v) is 4.42. The first-order valence-electron chi connectivity index (χ1n) is 9.69. The lowest BCUT2D eigenvalue weighted by atomic mass is 10.1. The molecule has 0 fully saturated rings. The van der Waals surface area contributed by atoms with Crippen molar-refractivity contribution >= 4 is 29.7 Å². The van der Waals surface area contributed by atoms with Crippen molar-refractivity contribution < 1.29 is 39.3 Å². The maximum atomic E-state index is 12.6. The van der Waals surface area contributed by atoms with Crippen molar-refractivity contribution in [3.63, 3.8) is 0 Å². The number of aromatic amines is 1. The normalized spacial score (nSPS) is 15.5. The Balaban J connectivity index is 2.83. The van der Waals surface area contributed by atoms with Gasteiger partial charge in [-0.2, -0.15) is 0 Å². The number of aromatic nitrogens is 2. The largest absolute Gasteiger partial charge is 0.481 e. The Labute approximate surface area is 183 Å². The van der Waals surface area contributed by atoms with Gasteiger partial charge in [-0.3, -0.25) is 19.2 Å². The summed E-state index contributed by atoms with van der Waals surface area (Å²) in [4.78, 5) is 65.6. The molecule has 3 amide bonds. The summed E-state index contributed by atoms with van der Waals surface area (Å²) >= 11 is 0. The number of aliphatic hydroxyl groups is 1. The number of imidazole rings is 1. The van der Waals surface area contributed by atoms with Crippen LogP contribution in [-0.4, -0.2) is 85.2 Å². The number of aliphatic hydroxyl groups excluding tert-OH is 1. The molecule has 0 aromatic carbocycles. The van der Waals surface area contributed by atoms with Gasteiger partial charge in [0, 0.05) is 24.7 Å². The molecule has 5 atom stereocenters. The molecule has 32 heavy (non-hydrogen) atoms. The minimum Gasteiger partial charge on any atom is -0.481 e. The predicted octanol–water partition coefficient (Wildman–Crippen LogP) is -2.92. The van der Waals surface area contributed by atoms with E-state index in [9.17, 15) is 29.1 Å². The van der Waals surface area contributed by atoms with Crippen LogP contribution < -0.4 is 21.7 Å². The fraction of sp³-hybridized carbons (Fsp3) is 0.556. The smallest absolute Gasteiger partial charge is 0.328 e. The molecule has 0 bridgehead atoms. The van der Waals surface area contributed by atoms with Crippen LogP contribution in [0.15, 0.2) is 12.5 Å². The first-order valence-corrected chi connectivity index (χ1v) is 9.69. The van der Waals surface area contributed by atoms with Gasteiger partial charge < -0.3 is 42.0 Å². The van der Waals surface area contributed by atoms with E-state index >= 15 is 0 Å². The standard InChI is InChI=1S/C18H28N6O8/c1-8(22-16(29)11(19)3-4-13(26)27)15(28)23-12(5-10-6-20-7-21-10)17(30)24-14(9(2)25)18(31)32/h6-9,11-12,14,25H,3-5,19H2,1-2H3,(H,20,21)(H,22,29)(H,23,28)(H,24,30)(H,26,27)(H,31,32). The van der Waals surface area contributed by atoms with Crippen LogP contribution in [-0.2, 0) is 30.4 Å². The SMILES string of the molecule is CC(NC(=O)C(N)CCC(=O)O)C(=O)NC(Cc1cnc[nH]1)C(=O)NC(C(=O)O)C(C)O. The van der Waals surface area contributed by atoms with E-state index in [-0.39, 0.29) is 19.3 Å². The van der Waals surface area contributed by atoms with Gasteiger partial charge >= 0.3 is 11.9 Å². The molecular weight excluding hydrogens is 428 g/mol. The van der Waals surface area contributed by atoms with E-state index in [1.807, 2.05) is 0 Å². The number of carbonyl (C=O) groups is 5. The molecule has 14 heteroatoms. The zero-order valence-electron chi connectivity index (χ0n) is 17.6. The summed E-state index contributed by atoms with van der Waals surface area (Å²) < 4.78 is 0. The van der Waals surface area contributed by atoms with E-state index in [4.69, 9.17) is 15.9 Å². The highest BCUT2D eigenvalue weighted by molar-refractivity contribution is 5.94. The number of carboxylic acids is 2. The molecule has 14 nitrogen and oxygen atoms in total. The van der Waals surface area contributed by atoms with Crippen LogP contribution in [0.4, 0.5) is 0 Å². The second-order valence-corrected chi connectivity index (χ2v) is 7.18. The Kier molecular flexibility index (Phi) is 10.2. The van der Waals surface area contributed by atoms with Gasteiger partial charge in [-0.1, -0.05) is 0 Å². The third-order valence-electron chi connectivity index (χ3n) is 4.42. The zero-order chi connectivity index (χ0) is 24.4. The summed E-state index contributed by atoms with van der Waals surface area (Å²) in [6.45, 7) is 2.52. The van der Waals surface area contributed by atoms with Gasteiger partial charge in [-0.05, 0) is 20.3 Å². The number of hydrogen-bond donors (Lipinski definition) is 8. The van der Waals surface area contributed by atoms with Crippen LogP contribution >= 0.6 is 0 Å². The zero-order valence-corrected chi connectivity index (χ0v) is 17.6. The minimum absolute atomic E-state index is 0.0808. The highest BCUT2D eigenvalue weighted by Crippen LogP contribution is 2.03. The van der Waals surface area contributed by atoms with E-state index in [0.29, 0.717) is 5.69 Å². The first-order chi connectivity index (χ1) is 14.9. The molecule has 0 spiro atoms. The molecule has 0 aliphatic rings. The van der Waals surface area contributed by atoms with Crippen molar-refractivity contribution in [2.45, 2.75) is 63.4 Å². The molecule has 0 saturated carbocycles. The van der Waals surface area contributed by atoms with E-state index in [2.05, 4.69) is 25.9 Å². The summed E-state index contributed by atoms with van der Waals surface area (Å²) in [6.07, 6.45) is 0.825. The Morgan fingerprint density at radius 2 is 1.72 bits per heavy atom. The molecule has 0 aliphatic carbocycles. The number of carbonyl (C=O) groups excluding carboxylic acids is 3. The van der Waals surface area contributed by atoms with Crippen molar-refractivity contribution in [3.8, 4) is 0 Å². The van der Waals surface area contributed by atoms with Gasteiger partial charge in [0.15, 0.2) is 6.04 Å². The second kappa shape index (κ2) is 12.4. The lowest BCUT2D eigenvalue weighted by Gasteiger charge is -2.24. The number of amides is 3. The number of nitrogens with two attached hydrogens (primary N) is 1. The molecule has 1 aromatic heterocycles. The summed E-state index contributed by atoms with van der Waals surface area (Å²) in [5.41, 5.74) is 6.06. The van der Waals surface area contributed by atoms with Crippen LogP contribution in [0.2, 0.25) is 0 Å². The number of nitrogens with zero attached hydrogens (tertiary/aromatic N) is 1. The highest BCUT2D eigenvalue weighted by Gasteiger charge is 2.31. The molecule has 0 radical (unpaired) electrons. The van der Waals surface area contributed by atoms with Gasteiger partial charge in [0.05, 0.1) is 18.5 Å². The second-order valence-electron chi connectivity index (χ2n) is 7.18. The maximum absolute atomic E-state index is 12.6. The number of nitrogens with one attached hydrogen (secondary N) is 4. The molecule has 1 aromatic rings. The van der Waals surface area contributed by atoms with Crippen LogP contribution in [0.5, 0.6) is 0 Å². The van der Waals surface area contributed by atoms with Crippen LogP contribution in [0, 0.1) is 0 Å². The Bertz CT molecular complexity index is 812. The summed E-state index contributed by atoms with van der Waals surface area (Å²) in [5.74, 6) is -4.98. The van der Waals surface area contributed by atoms with Gasteiger partial charge in [0.25, 0.3) is 0 Å². The summed E-state index contributed by atoms with van der Waals surface area (Å²) in [5, 5.41) is 34.3. The number of H-pyrrole nitrogens is 1. The van der Waals surface area contributed by atoms with Crippen LogP contribution in [0.25, 0.3) is 0 Å². The first kappa shape index (κ1) is 26.5. The number of aliphatic carboxylic acids is 2. The highest BCUT2D eigenvalue weighted by atomic mass is 16.4. The van der Waals surface area contributed by atoms with Crippen molar-refractivity contribution in [3.05, 3.63) is 18.2 Å². The van der Waals surface area contributed by atoms with Gasteiger partial charge in [0.1, 0.15) is 12.1 Å². The fourth-order valence-electron chi connectivity index (χ4n) is 2.56. The van der Waals surface area contributed by atoms with Crippen molar-refractivity contribution in [1.82, 2.24) is 25.9 Å². The Morgan fingerprint density at radius 3 is 2.22 bits per heavy atom. The minimum atomic E-state index is -1.60. The number of rotatable bonds is 13. The van der Waals surface area contributed by atoms with E-state index in [1.54, 1.807) is 0 Å². The molecule has 0 saturated heterocycles. The van der Waals surface area contributed by atoms with E-state index in [1.165, 1.54) is 26.4 Å². The maximum Gasteiger partial charge on any atom is 0.328 e. The van der Waals surface area contributed by atoms with Crippen LogP contribution in [0.3, 0.4) is 0 Å². The third kappa shape index (κ3) is 8.69. The van der Waals surface area contributed by atoms with E-state index < -0.39 is 59.9 Å². The van der Waals surface area contributed by atoms with Crippen molar-refractivity contribution in [1.29, 1.82) is 0 Å². The molecule has 9 N–H and O–H groups in total. The van der Waals surface area contributed by atoms with Crippen LogP contribution in [0.1, 0.15) is 32.4 Å². The van der Waals surface area contributed by atoms with E-state index in [0.717, 1.165) is 0 Å². The predicted molar refractivity (Wildman–Crippen MR) is 108 cm³/mol. The average Bonchev–Trinajstić information content (AvgIpc) is 3.21. The number of hydrogen-bond acceptors (Lipinski definition) is 8. The van der Waals surface area contributed by atoms with Gasteiger partial charge in [-0.25, -0.2) is 9.78 Å². The lowest BCUT2D eigenvalue weighted by Crippen LogP contribution is -2.58. The van der Waals surface area contributed by atoms with Crippen molar-refractivity contribution in [2.75, 3.05) is 0 Å². The van der Waals surface area contributed by atoms with Gasteiger partial charge in [-0.15, -0.1) is 0 Å². The summed E-state index contributed by atoms with van der Waals surface area (Å²) in [7, 11) is 0. The molecule has 5 unspecified atom stereocenters. The van der Waals surface area contributed by atoms with Gasteiger partial charge in [0.2, 0.25) is 17.7 Å². The molecule has 178 valence electrons. The number of carboxylic acid groups (broad SMARTS) is 2. The summed E-state index contributed by atoms with van der Waals surface area (Å²) in [6, 6.07) is -5.15. The quantitative estimate of drug-likeness (QED) is 0.150. The average molecular weight is 456 g/mol. The molecule has 0 aliphatic heterocycles. The molecular formula is C18H28N6O8. The fourth-order valence-corrected chi connectivity index (χ4v) is 2.56. The lowest BCUT2D eigenvalue weighted by molar-refractivity contribution is -0.145. The van der Waals surface area contributed by atoms with Crippen molar-refractivity contribution in [2.24, 2.45) is 5.73 Å². The Morgan fingerprint density at radius 1 is 1.06 bits per heavy atom. The molecule has 1 heterocycles. The molecule has 1 rings (SSSR count). The Hall–Kier alpha value is -3.52.